The zero-order chi connectivity index (χ0) is 12.6. The maximum absolute atomic E-state index is 3.71. The lowest BCUT2D eigenvalue weighted by molar-refractivity contribution is 0.155. The van der Waals surface area contributed by atoms with Crippen LogP contribution in [0.2, 0.25) is 0 Å². The summed E-state index contributed by atoms with van der Waals surface area (Å²) in [6, 6.07) is 0.907. The van der Waals surface area contributed by atoms with Crippen LogP contribution < -0.4 is 5.32 Å². The molecule has 1 N–H and O–H groups in total. The van der Waals surface area contributed by atoms with Gasteiger partial charge in [0.05, 0.1) is 0 Å². The van der Waals surface area contributed by atoms with Crippen LogP contribution in [-0.4, -0.2) is 12.6 Å². The van der Waals surface area contributed by atoms with Crippen LogP contribution in [-0.2, 0) is 0 Å². The molecule has 0 bridgehead atoms. The molecule has 0 heterocycles. The Balaban J connectivity index is 1.39. The van der Waals surface area contributed by atoms with Gasteiger partial charge in [0.25, 0.3) is 0 Å². The van der Waals surface area contributed by atoms with Gasteiger partial charge in [-0.1, -0.05) is 58.3 Å². The van der Waals surface area contributed by atoms with Gasteiger partial charge in [0.2, 0.25) is 0 Å². The quantitative estimate of drug-likeness (QED) is 0.515. The van der Waals surface area contributed by atoms with Crippen molar-refractivity contribution >= 4 is 0 Å². The van der Waals surface area contributed by atoms with Gasteiger partial charge < -0.3 is 5.32 Å². The molecule has 0 aliphatic heterocycles. The van der Waals surface area contributed by atoms with E-state index in [1.807, 2.05) is 0 Å². The van der Waals surface area contributed by atoms with Crippen molar-refractivity contribution in [3.05, 3.63) is 0 Å². The van der Waals surface area contributed by atoms with Crippen LogP contribution in [0.3, 0.4) is 0 Å². The first kappa shape index (κ1) is 14.4. The largest absolute Gasteiger partial charge is 0.314 e. The van der Waals surface area contributed by atoms with Crippen molar-refractivity contribution < 1.29 is 0 Å². The topological polar surface area (TPSA) is 12.0 Å². The van der Waals surface area contributed by atoms with Gasteiger partial charge in [0.1, 0.15) is 0 Å². The minimum Gasteiger partial charge on any atom is -0.314 e. The Morgan fingerprint density at radius 1 is 0.778 bits per heavy atom. The van der Waals surface area contributed by atoms with Crippen LogP contribution >= 0.6 is 0 Å². The first-order valence-corrected chi connectivity index (χ1v) is 8.63. The summed E-state index contributed by atoms with van der Waals surface area (Å²) in [6.07, 6.45) is 17.6. The molecule has 0 spiro atoms. The van der Waals surface area contributed by atoms with Crippen LogP contribution in [0.15, 0.2) is 0 Å². The van der Waals surface area contributed by atoms with Crippen LogP contribution in [0, 0.1) is 11.8 Å². The van der Waals surface area contributed by atoms with Crippen molar-refractivity contribution in [1.29, 1.82) is 0 Å². The summed E-state index contributed by atoms with van der Waals surface area (Å²) in [5, 5.41) is 3.71. The lowest BCUT2D eigenvalue weighted by atomic mass is 9.71. The van der Waals surface area contributed by atoms with Gasteiger partial charge in [-0.2, -0.15) is 0 Å². The van der Waals surface area contributed by atoms with E-state index in [1.54, 1.807) is 0 Å². The highest BCUT2D eigenvalue weighted by molar-refractivity contribution is 4.87. The first-order valence-electron chi connectivity index (χ1n) is 8.63. The minimum atomic E-state index is 0.907. The maximum Gasteiger partial charge on any atom is 0.00683 e. The molecule has 2 atom stereocenters. The summed E-state index contributed by atoms with van der Waals surface area (Å²) in [5.74, 6) is 2.11. The van der Waals surface area contributed by atoms with Gasteiger partial charge in [-0.05, 0) is 44.1 Å². The predicted molar refractivity (Wildman–Crippen MR) is 79.8 cm³/mol. The molecule has 2 aliphatic rings. The minimum absolute atomic E-state index is 0.907. The van der Waals surface area contributed by atoms with E-state index >= 15 is 0 Å². The van der Waals surface area contributed by atoms with Crippen molar-refractivity contribution in [2.75, 3.05) is 6.54 Å². The Hall–Kier alpha value is -0.0400. The molecule has 1 nitrogen and oxygen atoms in total. The van der Waals surface area contributed by atoms with Gasteiger partial charge in [-0.3, -0.25) is 0 Å². The van der Waals surface area contributed by atoms with E-state index < -0.39 is 0 Å². The smallest absolute Gasteiger partial charge is 0.00683 e. The summed E-state index contributed by atoms with van der Waals surface area (Å²) in [7, 11) is 0. The molecule has 0 aromatic heterocycles. The number of hydrogen-bond donors (Lipinski definition) is 1. The van der Waals surface area contributed by atoms with Gasteiger partial charge in [0, 0.05) is 6.04 Å². The average Bonchev–Trinajstić information content (AvgIpc) is 3.15. The van der Waals surface area contributed by atoms with E-state index in [1.165, 1.54) is 83.6 Å². The Labute approximate surface area is 114 Å². The number of hydrogen-bond acceptors (Lipinski definition) is 1. The molecule has 0 radical (unpaired) electrons. The Morgan fingerprint density at radius 2 is 1.44 bits per heavy atom. The third-order valence-corrected chi connectivity index (χ3v) is 5.00. The zero-order valence-corrected chi connectivity index (χ0v) is 12.4. The van der Waals surface area contributed by atoms with Gasteiger partial charge in [-0.15, -0.1) is 0 Å². The second-order valence-corrected chi connectivity index (χ2v) is 6.69. The molecule has 2 fully saturated rings. The fraction of sp³-hybridized carbons (Fsp3) is 1.00. The summed E-state index contributed by atoms with van der Waals surface area (Å²) in [4.78, 5) is 0. The molecular weight excluding hydrogens is 218 g/mol. The molecule has 0 aromatic carbocycles. The van der Waals surface area contributed by atoms with Crippen molar-refractivity contribution in [1.82, 2.24) is 5.32 Å². The Bertz CT molecular complexity index is 210. The van der Waals surface area contributed by atoms with Gasteiger partial charge in [0.15, 0.2) is 0 Å². The predicted octanol–water partition coefficient (Wildman–Crippen LogP) is 4.91. The molecule has 0 amide bonds. The van der Waals surface area contributed by atoms with E-state index in [0.29, 0.717) is 0 Å². The Kier molecular flexibility index (Phi) is 6.54. The molecule has 0 saturated heterocycles. The fourth-order valence-electron chi connectivity index (χ4n) is 3.26. The lowest BCUT2D eigenvalue weighted by Crippen LogP contribution is -2.36. The monoisotopic (exact) mass is 251 g/mol. The molecular formula is C17H33N. The van der Waals surface area contributed by atoms with Crippen molar-refractivity contribution in [2.45, 2.75) is 90.0 Å². The molecule has 2 unspecified atom stereocenters. The number of nitrogens with one attached hydrogen (secondary N) is 1. The second-order valence-electron chi connectivity index (χ2n) is 6.69. The van der Waals surface area contributed by atoms with Crippen LogP contribution in [0.25, 0.3) is 0 Å². The third-order valence-electron chi connectivity index (χ3n) is 5.00. The highest BCUT2D eigenvalue weighted by Gasteiger charge is 2.31. The molecule has 18 heavy (non-hydrogen) atoms. The van der Waals surface area contributed by atoms with Gasteiger partial charge in [-0.25, -0.2) is 0 Å². The van der Waals surface area contributed by atoms with E-state index in [-0.39, 0.29) is 0 Å². The normalized spacial score (nSPS) is 27.2. The van der Waals surface area contributed by atoms with E-state index in [2.05, 4.69) is 12.2 Å². The van der Waals surface area contributed by atoms with Crippen LogP contribution in [0.4, 0.5) is 0 Å². The molecule has 2 aliphatic carbocycles. The van der Waals surface area contributed by atoms with Crippen LogP contribution in [0.5, 0.6) is 0 Å². The number of unbranched alkanes of at least 4 members (excludes halogenated alkanes) is 6. The molecule has 2 rings (SSSR count). The first-order chi connectivity index (χ1) is 8.90. The highest BCUT2D eigenvalue weighted by Crippen LogP contribution is 2.38. The fourth-order valence-corrected chi connectivity index (χ4v) is 3.26. The molecule has 0 aromatic rings. The highest BCUT2D eigenvalue weighted by atomic mass is 14.9. The van der Waals surface area contributed by atoms with Crippen molar-refractivity contribution in [3.63, 3.8) is 0 Å². The average molecular weight is 251 g/mol. The summed E-state index contributed by atoms with van der Waals surface area (Å²) in [6.45, 7) is 3.62. The lowest BCUT2D eigenvalue weighted by Gasteiger charge is -2.37. The van der Waals surface area contributed by atoms with Crippen LogP contribution in [0.1, 0.15) is 84.0 Å². The SMILES string of the molecule is CCCCCCCCCC1CCC1CNC1CC1. The Morgan fingerprint density at radius 3 is 2.06 bits per heavy atom. The molecule has 106 valence electrons. The van der Waals surface area contributed by atoms with E-state index in [4.69, 9.17) is 0 Å². The van der Waals surface area contributed by atoms with Crippen molar-refractivity contribution in [3.8, 4) is 0 Å². The maximum atomic E-state index is 3.71. The second kappa shape index (κ2) is 8.19. The summed E-state index contributed by atoms with van der Waals surface area (Å²) < 4.78 is 0. The third kappa shape index (κ3) is 5.30. The summed E-state index contributed by atoms with van der Waals surface area (Å²) >= 11 is 0. The zero-order valence-electron chi connectivity index (χ0n) is 12.4. The number of rotatable bonds is 11. The standard InChI is InChI=1S/C17H33N/c1-2-3-4-5-6-7-8-9-15-10-11-16(15)14-18-17-12-13-17/h15-18H,2-14H2,1H3. The van der Waals surface area contributed by atoms with Gasteiger partial charge >= 0.3 is 0 Å². The van der Waals surface area contributed by atoms with E-state index in [0.717, 1.165) is 17.9 Å². The molecule has 2 saturated carbocycles. The van der Waals surface area contributed by atoms with E-state index in [9.17, 15) is 0 Å². The van der Waals surface area contributed by atoms with Crippen molar-refractivity contribution in [2.24, 2.45) is 11.8 Å². The summed E-state index contributed by atoms with van der Waals surface area (Å²) in [5.41, 5.74) is 0. The molecule has 1 heteroatoms.